The van der Waals surface area contributed by atoms with E-state index in [0.29, 0.717) is 22.2 Å². The quantitative estimate of drug-likeness (QED) is 0.0948. The maximum absolute atomic E-state index is 12.9. The van der Waals surface area contributed by atoms with Crippen molar-refractivity contribution in [3.8, 4) is 0 Å². The number of aliphatic carboxylic acids is 1. The molecule has 4 heterocycles. The van der Waals surface area contributed by atoms with Crippen LogP contribution in [0.2, 0.25) is 0 Å². The first-order chi connectivity index (χ1) is 16.4. The summed E-state index contributed by atoms with van der Waals surface area (Å²) in [6.45, 7) is 0. The van der Waals surface area contributed by atoms with Crippen LogP contribution in [0.5, 0.6) is 0 Å². The van der Waals surface area contributed by atoms with E-state index in [1.165, 1.54) is 53.4 Å². The molecular formula is C17H17N7O5S5. The molecule has 0 aliphatic carbocycles. The van der Waals surface area contributed by atoms with E-state index in [1.807, 2.05) is 0 Å². The molecule has 4 rings (SSSR count). The van der Waals surface area contributed by atoms with Gasteiger partial charge in [0.2, 0.25) is 0 Å². The molecule has 0 saturated carbocycles. The number of fused-ring (bicyclic) bond motifs is 1. The molecular weight excluding hydrogens is 543 g/mol. The van der Waals surface area contributed by atoms with Crippen LogP contribution >= 0.6 is 58.2 Å². The predicted molar refractivity (Wildman–Crippen MR) is 133 cm³/mol. The molecule has 2 aliphatic rings. The van der Waals surface area contributed by atoms with Gasteiger partial charge in [0, 0.05) is 22.0 Å². The number of nitrogens with zero attached hydrogens (tertiary/aromatic N) is 5. The number of hydrogen-bond donors (Lipinski definition) is 3. The highest BCUT2D eigenvalue weighted by Crippen LogP contribution is 2.41. The second kappa shape index (κ2) is 10.9. The third-order valence-corrected chi connectivity index (χ3v) is 9.68. The van der Waals surface area contributed by atoms with Crippen LogP contribution in [0.3, 0.4) is 0 Å². The van der Waals surface area contributed by atoms with Gasteiger partial charge in [-0.25, -0.2) is 14.8 Å². The molecule has 12 nitrogen and oxygen atoms in total. The average molecular weight is 560 g/mol. The number of nitrogens with two attached hydrogens (primary N) is 1. The minimum atomic E-state index is -1.17. The number of carbonyl (C=O) groups is 3. The second-order valence-corrected chi connectivity index (χ2v) is 12.0. The van der Waals surface area contributed by atoms with E-state index >= 15 is 0 Å². The number of hydrogen-bond acceptors (Lipinski definition) is 14. The number of rotatable bonds is 10. The third-order valence-electron chi connectivity index (χ3n) is 4.58. The lowest BCUT2D eigenvalue weighted by Gasteiger charge is -2.49. The van der Waals surface area contributed by atoms with Crippen LogP contribution < -0.4 is 11.1 Å². The van der Waals surface area contributed by atoms with Crippen LogP contribution in [0, 0.1) is 0 Å². The molecule has 2 aromatic rings. The lowest BCUT2D eigenvalue weighted by molar-refractivity contribution is -0.150. The minimum absolute atomic E-state index is 0.0225. The highest BCUT2D eigenvalue weighted by molar-refractivity contribution is 8.16. The van der Waals surface area contributed by atoms with E-state index in [2.05, 4.69) is 24.8 Å². The average Bonchev–Trinajstić information content (AvgIpc) is 3.49. The van der Waals surface area contributed by atoms with Crippen LogP contribution in [-0.4, -0.2) is 83.0 Å². The smallest absolute Gasteiger partial charge is 0.352 e. The van der Waals surface area contributed by atoms with Crippen molar-refractivity contribution in [2.45, 2.75) is 15.8 Å². The van der Waals surface area contributed by atoms with Gasteiger partial charge >= 0.3 is 5.97 Å². The number of thioether (sulfide) groups is 3. The van der Waals surface area contributed by atoms with Crippen molar-refractivity contribution in [3.63, 3.8) is 0 Å². The van der Waals surface area contributed by atoms with Gasteiger partial charge in [-0.2, -0.15) is 4.37 Å². The van der Waals surface area contributed by atoms with E-state index in [9.17, 15) is 19.5 Å². The van der Waals surface area contributed by atoms with Crippen molar-refractivity contribution >= 4 is 86.8 Å². The van der Waals surface area contributed by atoms with Crippen LogP contribution in [-0.2, 0) is 19.2 Å². The molecule has 180 valence electrons. The number of aromatic nitrogens is 3. The number of carbonyl (C=O) groups excluding carboxylic acids is 2. The Bertz CT molecular complexity index is 1150. The summed E-state index contributed by atoms with van der Waals surface area (Å²) in [5.41, 5.74) is 6.37. The van der Waals surface area contributed by atoms with Gasteiger partial charge < -0.3 is 21.0 Å². The molecule has 0 unspecified atom stereocenters. The molecule has 0 aromatic carbocycles. The zero-order valence-electron chi connectivity index (χ0n) is 17.4. The number of thiazole rings is 1. The summed E-state index contributed by atoms with van der Waals surface area (Å²) in [6.07, 6.45) is 1.49. The Hall–Kier alpha value is -2.34. The van der Waals surface area contributed by atoms with Crippen molar-refractivity contribution in [1.82, 2.24) is 24.6 Å². The minimum Gasteiger partial charge on any atom is -0.477 e. The fourth-order valence-electron chi connectivity index (χ4n) is 3.18. The number of carboxylic acid groups (broad SMARTS) is 1. The van der Waals surface area contributed by atoms with E-state index in [1.54, 1.807) is 17.1 Å². The molecule has 0 spiro atoms. The molecule has 1 saturated heterocycles. The SMILES string of the molecule is CO/N=C(\C(=O)N[C@@H]1C(=O)N2C(C(=O)O)=C(CSCSc3ncns3)CS[C@H]12)c1csc(N)n1. The van der Waals surface area contributed by atoms with Gasteiger partial charge in [-0.1, -0.05) is 16.9 Å². The third kappa shape index (κ3) is 5.17. The molecule has 34 heavy (non-hydrogen) atoms. The monoisotopic (exact) mass is 559 g/mol. The number of carboxylic acids is 1. The van der Waals surface area contributed by atoms with Gasteiger partial charge in [0.25, 0.3) is 11.8 Å². The van der Waals surface area contributed by atoms with Gasteiger partial charge in [0.05, 0.1) is 0 Å². The lowest BCUT2D eigenvalue weighted by atomic mass is 10.0. The molecule has 4 N–H and O–H groups in total. The number of oxime groups is 1. The van der Waals surface area contributed by atoms with Crippen molar-refractivity contribution < 1.29 is 24.3 Å². The van der Waals surface area contributed by atoms with E-state index < -0.39 is 29.2 Å². The van der Waals surface area contributed by atoms with Gasteiger partial charge in [-0.3, -0.25) is 14.5 Å². The van der Waals surface area contributed by atoms with Crippen LogP contribution in [0.15, 0.2) is 32.5 Å². The first-order valence-corrected chi connectivity index (χ1v) is 14.3. The number of nitrogens with one attached hydrogen (secondary N) is 1. The highest BCUT2D eigenvalue weighted by Gasteiger charge is 2.54. The summed E-state index contributed by atoms with van der Waals surface area (Å²) in [4.78, 5) is 51.8. The summed E-state index contributed by atoms with van der Waals surface area (Å²) < 4.78 is 4.78. The van der Waals surface area contributed by atoms with Gasteiger partial charge in [-0.05, 0) is 17.1 Å². The normalized spacial score (nSPS) is 20.1. The second-order valence-electron chi connectivity index (χ2n) is 6.63. The molecule has 2 atom stereocenters. The van der Waals surface area contributed by atoms with Gasteiger partial charge in [-0.15, -0.1) is 34.9 Å². The Morgan fingerprint density at radius 3 is 2.94 bits per heavy atom. The number of anilines is 1. The summed E-state index contributed by atoms with van der Waals surface area (Å²) in [7, 11) is 1.28. The number of amides is 2. The Morgan fingerprint density at radius 1 is 1.47 bits per heavy atom. The summed E-state index contributed by atoms with van der Waals surface area (Å²) in [6, 6.07) is -0.896. The lowest BCUT2D eigenvalue weighted by Crippen LogP contribution is -2.71. The molecule has 0 radical (unpaired) electrons. The zero-order valence-corrected chi connectivity index (χ0v) is 21.4. The standard InChI is InChI=1S/C17H17N7O5S5/c1-29-23-9(8-4-32-16(18)21-8)12(25)22-10-13(26)24-11(15(27)28)7(3-31-14(10)24)2-30-6-33-17-19-5-20-34-17/h4-5,10,14H,2-3,6H2,1H3,(H2,18,21)(H,22,25)(H,27,28)/b23-9-/t10-,14-/m1/s1. The van der Waals surface area contributed by atoms with Crippen molar-refractivity contribution in [3.05, 3.63) is 28.7 Å². The molecule has 0 bridgehead atoms. The topological polar surface area (TPSA) is 173 Å². The maximum Gasteiger partial charge on any atom is 0.352 e. The first kappa shape index (κ1) is 24.8. The maximum atomic E-state index is 12.9. The van der Waals surface area contributed by atoms with Crippen molar-refractivity contribution in [2.24, 2.45) is 5.16 Å². The van der Waals surface area contributed by atoms with E-state index in [4.69, 9.17) is 10.6 Å². The van der Waals surface area contributed by atoms with E-state index in [0.717, 1.165) is 15.7 Å². The fourth-order valence-corrected chi connectivity index (χ4v) is 7.93. The van der Waals surface area contributed by atoms with E-state index in [-0.39, 0.29) is 22.2 Å². The Kier molecular flexibility index (Phi) is 7.97. The number of nitrogen functional groups attached to an aromatic ring is 1. The van der Waals surface area contributed by atoms with Crippen LogP contribution in [0.1, 0.15) is 5.69 Å². The summed E-state index contributed by atoms with van der Waals surface area (Å²) >= 11 is 6.90. The van der Waals surface area contributed by atoms with Crippen LogP contribution in [0.25, 0.3) is 0 Å². The first-order valence-electron chi connectivity index (χ1n) is 9.41. The van der Waals surface area contributed by atoms with Crippen molar-refractivity contribution in [2.75, 3.05) is 29.4 Å². The summed E-state index contributed by atoms with van der Waals surface area (Å²) in [5, 5.41) is 18.1. The zero-order chi connectivity index (χ0) is 24.2. The Balaban J connectivity index is 1.41. The predicted octanol–water partition coefficient (Wildman–Crippen LogP) is 1.15. The molecule has 17 heteroatoms. The van der Waals surface area contributed by atoms with Crippen molar-refractivity contribution in [1.29, 1.82) is 0 Å². The molecule has 2 amide bonds. The molecule has 1 fully saturated rings. The Labute approximate surface area is 214 Å². The van der Waals surface area contributed by atoms with Crippen LogP contribution in [0.4, 0.5) is 5.13 Å². The van der Waals surface area contributed by atoms with Gasteiger partial charge in [0.15, 0.2) is 15.2 Å². The molecule has 2 aromatic heterocycles. The largest absolute Gasteiger partial charge is 0.477 e. The Morgan fingerprint density at radius 2 is 2.29 bits per heavy atom. The summed E-state index contributed by atoms with van der Waals surface area (Å²) in [5.74, 6) is -1.44. The molecule has 2 aliphatic heterocycles. The van der Waals surface area contributed by atoms with Gasteiger partial charge in [0.1, 0.15) is 36.2 Å². The fraction of sp³-hybridized carbons (Fsp3) is 0.353. The highest BCUT2D eigenvalue weighted by atomic mass is 32.2. The number of β-lactam (4-membered cyclic amide) rings is 1.